The summed E-state index contributed by atoms with van der Waals surface area (Å²) in [4.78, 5) is 17.1. The van der Waals surface area contributed by atoms with Gasteiger partial charge in [0.05, 0.1) is 15.8 Å². The van der Waals surface area contributed by atoms with Crippen LogP contribution in [0.25, 0.3) is 21.5 Å². The molecule has 1 amide bonds. The van der Waals surface area contributed by atoms with Gasteiger partial charge in [-0.3, -0.25) is 14.8 Å². The highest BCUT2D eigenvalue weighted by atomic mass is 32.1. The SMILES string of the molecule is Cc1ccc2nc(NC(=O)c3cn(C)nc3-c3ccc(F)cc3F)sc2c1. The van der Waals surface area contributed by atoms with Crippen LogP contribution in [0.1, 0.15) is 15.9 Å². The predicted octanol–water partition coefficient (Wildman–Crippen LogP) is 4.54. The van der Waals surface area contributed by atoms with Crippen molar-refractivity contribution < 1.29 is 13.6 Å². The summed E-state index contributed by atoms with van der Waals surface area (Å²) in [5, 5.41) is 7.34. The van der Waals surface area contributed by atoms with Gasteiger partial charge in [-0.25, -0.2) is 13.8 Å². The summed E-state index contributed by atoms with van der Waals surface area (Å²) in [6, 6.07) is 8.99. The van der Waals surface area contributed by atoms with E-state index in [2.05, 4.69) is 15.4 Å². The maximum atomic E-state index is 14.2. The number of nitrogens with zero attached hydrogens (tertiary/aromatic N) is 3. The molecule has 0 fully saturated rings. The molecule has 27 heavy (non-hydrogen) atoms. The average molecular weight is 384 g/mol. The molecule has 2 heterocycles. The maximum Gasteiger partial charge on any atom is 0.261 e. The number of aromatic nitrogens is 3. The molecule has 0 spiro atoms. The molecule has 0 atom stereocenters. The fraction of sp³-hybridized carbons (Fsp3) is 0.105. The Hall–Kier alpha value is -3.13. The van der Waals surface area contributed by atoms with Crippen LogP contribution in [-0.4, -0.2) is 20.7 Å². The van der Waals surface area contributed by atoms with Crippen LogP contribution >= 0.6 is 11.3 Å². The number of rotatable bonds is 3. The fourth-order valence-electron chi connectivity index (χ4n) is 2.78. The number of anilines is 1. The van der Waals surface area contributed by atoms with E-state index in [4.69, 9.17) is 0 Å². The zero-order valence-corrected chi connectivity index (χ0v) is 15.3. The van der Waals surface area contributed by atoms with Crippen molar-refractivity contribution in [2.75, 3.05) is 5.32 Å². The van der Waals surface area contributed by atoms with E-state index in [0.717, 1.165) is 27.9 Å². The summed E-state index contributed by atoms with van der Waals surface area (Å²) in [5.74, 6) is -1.93. The number of amides is 1. The summed E-state index contributed by atoms with van der Waals surface area (Å²) < 4.78 is 29.7. The minimum atomic E-state index is -0.779. The van der Waals surface area contributed by atoms with Crippen LogP contribution in [0.5, 0.6) is 0 Å². The number of carbonyl (C=O) groups excluding carboxylic acids is 1. The average Bonchev–Trinajstić information content (AvgIpc) is 3.17. The monoisotopic (exact) mass is 384 g/mol. The molecule has 0 aliphatic carbocycles. The largest absolute Gasteiger partial charge is 0.298 e. The van der Waals surface area contributed by atoms with Gasteiger partial charge in [-0.15, -0.1) is 0 Å². The van der Waals surface area contributed by atoms with Crippen LogP contribution < -0.4 is 5.32 Å². The van der Waals surface area contributed by atoms with Gasteiger partial charge in [0.15, 0.2) is 5.13 Å². The number of hydrogen-bond acceptors (Lipinski definition) is 4. The summed E-state index contributed by atoms with van der Waals surface area (Å²) >= 11 is 1.35. The first kappa shape index (κ1) is 17.3. The van der Waals surface area contributed by atoms with Gasteiger partial charge in [-0.05, 0) is 36.8 Å². The van der Waals surface area contributed by atoms with Gasteiger partial charge in [0.25, 0.3) is 5.91 Å². The lowest BCUT2D eigenvalue weighted by Gasteiger charge is -2.04. The molecule has 8 heteroatoms. The number of benzene rings is 2. The van der Waals surface area contributed by atoms with Gasteiger partial charge >= 0.3 is 0 Å². The summed E-state index contributed by atoms with van der Waals surface area (Å²) in [7, 11) is 1.63. The Bertz CT molecular complexity index is 1180. The number of fused-ring (bicyclic) bond motifs is 1. The van der Waals surface area contributed by atoms with E-state index in [1.54, 1.807) is 7.05 Å². The topological polar surface area (TPSA) is 59.8 Å². The number of thiazole rings is 1. The Morgan fingerprint density at radius 1 is 1.19 bits per heavy atom. The van der Waals surface area contributed by atoms with Gasteiger partial charge in [0.1, 0.15) is 17.3 Å². The molecule has 0 radical (unpaired) electrons. The normalized spacial score (nSPS) is 11.1. The molecule has 2 aromatic heterocycles. The van der Waals surface area contributed by atoms with Crippen LogP contribution in [0, 0.1) is 18.6 Å². The lowest BCUT2D eigenvalue weighted by Crippen LogP contribution is -2.12. The minimum absolute atomic E-state index is 0.0575. The highest BCUT2D eigenvalue weighted by molar-refractivity contribution is 7.22. The molecule has 0 saturated heterocycles. The Morgan fingerprint density at radius 3 is 2.78 bits per heavy atom. The molecular weight excluding hydrogens is 370 g/mol. The van der Waals surface area contributed by atoms with Gasteiger partial charge < -0.3 is 0 Å². The van der Waals surface area contributed by atoms with Gasteiger partial charge in [0, 0.05) is 24.9 Å². The van der Waals surface area contributed by atoms with E-state index in [1.807, 2.05) is 25.1 Å². The van der Waals surface area contributed by atoms with Crippen LogP contribution in [0.15, 0.2) is 42.6 Å². The van der Waals surface area contributed by atoms with Gasteiger partial charge in [-0.1, -0.05) is 17.4 Å². The molecule has 4 aromatic rings. The molecule has 0 bridgehead atoms. The standard InChI is InChI=1S/C19H14F2N4OS/c1-10-3-6-15-16(7-10)27-19(22-15)23-18(26)13-9-25(2)24-17(13)12-5-4-11(20)8-14(12)21/h3-9H,1-2H3,(H,22,23,26). The van der Waals surface area contributed by atoms with E-state index in [1.165, 1.54) is 28.3 Å². The van der Waals surface area contributed by atoms with Gasteiger partial charge in [-0.2, -0.15) is 5.10 Å². The van der Waals surface area contributed by atoms with E-state index in [0.29, 0.717) is 5.13 Å². The second kappa shape index (κ2) is 6.55. The minimum Gasteiger partial charge on any atom is -0.298 e. The first-order valence-electron chi connectivity index (χ1n) is 8.08. The van der Waals surface area contributed by atoms with Crippen molar-refractivity contribution >= 4 is 32.6 Å². The molecule has 5 nitrogen and oxygen atoms in total. The third-order valence-corrected chi connectivity index (χ3v) is 4.96. The number of aryl methyl sites for hydroxylation is 2. The summed E-state index contributed by atoms with van der Waals surface area (Å²) in [6.07, 6.45) is 1.49. The first-order chi connectivity index (χ1) is 12.9. The molecule has 0 aliphatic rings. The summed E-state index contributed by atoms with van der Waals surface area (Å²) in [6.45, 7) is 1.98. The Balaban J connectivity index is 1.69. The van der Waals surface area contributed by atoms with E-state index in [-0.39, 0.29) is 16.8 Å². The van der Waals surface area contributed by atoms with Crippen LogP contribution in [0.3, 0.4) is 0 Å². The molecule has 4 rings (SSSR count). The van der Waals surface area contributed by atoms with Crippen LogP contribution in [0.2, 0.25) is 0 Å². The number of halogens is 2. The van der Waals surface area contributed by atoms with Crippen molar-refractivity contribution in [3.63, 3.8) is 0 Å². The van der Waals surface area contributed by atoms with Crippen molar-refractivity contribution in [3.8, 4) is 11.3 Å². The number of nitrogens with one attached hydrogen (secondary N) is 1. The molecule has 136 valence electrons. The third kappa shape index (κ3) is 3.31. The first-order valence-corrected chi connectivity index (χ1v) is 8.90. The van der Waals surface area contributed by atoms with Crippen molar-refractivity contribution in [1.29, 1.82) is 0 Å². The third-order valence-electron chi connectivity index (χ3n) is 4.02. The molecule has 1 N–H and O–H groups in total. The van der Waals surface area contributed by atoms with E-state index in [9.17, 15) is 13.6 Å². The molecule has 2 aromatic carbocycles. The van der Waals surface area contributed by atoms with E-state index < -0.39 is 17.5 Å². The summed E-state index contributed by atoms with van der Waals surface area (Å²) in [5.41, 5.74) is 2.27. The second-order valence-electron chi connectivity index (χ2n) is 6.13. The zero-order valence-electron chi connectivity index (χ0n) is 14.5. The quantitative estimate of drug-likeness (QED) is 0.564. The highest BCUT2D eigenvalue weighted by Crippen LogP contribution is 2.29. The number of hydrogen-bond donors (Lipinski definition) is 1. The molecular formula is C19H14F2N4OS. The fourth-order valence-corrected chi connectivity index (χ4v) is 3.74. The van der Waals surface area contributed by atoms with Crippen molar-refractivity contribution in [2.24, 2.45) is 7.05 Å². The predicted molar refractivity (Wildman–Crippen MR) is 101 cm³/mol. The zero-order chi connectivity index (χ0) is 19.1. The Kier molecular flexibility index (Phi) is 4.19. The lowest BCUT2D eigenvalue weighted by atomic mass is 10.1. The molecule has 0 unspecified atom stereocenters. The number of carbonyl (C=O) groups is 1. The van der Waals surface area contributed by atoms with Crippen LogP contribution in [-0.2, 0) is 7.05 Å². The van der Waals surface area contributed by atoms with Crippen molar-refractivity contribution in [3.05, 3.63) is 65.4 Å². The van der Waals surface area contributed by atoms with Crippen LogP contribution in [0.4, 0.5) is 13.9 Å². The van der Waals surface area contributed by atoms with Crippen molar-refractivity contribution in [2.45, 2.75) is 6.92 Å². The second-order valence-corrected chi connectivity index (χ2v) is 7.16. The smallest absolute Gasteiger partial charge is 0.261 e. The molecule has 0 aliphatic heterocycles. The van der Waals surface area contributed by atoms with Gasteiger partial charge in [0.2, 0.25) is 0 Å². The Labute approximate surface area is 157 Å². The lowest BCUT2D eigenvalue weighted by molar-refractivity contribution is 0.102. The maximum absolute atomic E-state index is 14.2. The van der Waals surface area contributed by atoms with Crippen molar-refractivity contribution in [1.82, 2.24) is 14.8 Å². The Morgan fingerprint density at radius 2 is 2.00 bits per heavy atom. The van der Waals surface area contributed by atoms with E-state index >= 15 is 0 Å². The highest BCUT2D eigenvalue weighted by Gasteiger charge is 2.21. The molecule has 0 saturated carbocycles.